The third-order valence-electron chi connectivity index (χ3n) is 2.40. The van der Waals surface area contributed by atoms with Gasteiger partial charge in [0.2, 0.25) is 0 Å². The van der Waals surface area contributed by atoms with Crippen molar-refractivity contribution in [2.45, 2.75) is 33.0 Å². The van der Waals surface area contributed by atoms with Gasteiger partial charge in [0.1, 0.15) is 0 Å². The van der Waals surface area contributed by atoms with E-state index in [0.29, 0.717) is 0 Å². The lowest BCUT2D eigenvalue weighted by molar-refractivity contribution is 0.573. The summed E-state index contributed by atoms with van der Waals surface area (Å²) in [4.78, 5) is 11.6. The number of rotatable bonds is 1. The molecule has 0 spiro atoms. The van der Waals surface area contributed by atoms with Gasteiger partial charge in [-0.1, -0.05) is 0 Å². The molecule has 2 heterocycles. The molecular formula is C8H13N3O. The van der Waals surface area contributed by atoms with Crippen molar-refractivity contribution >= 4 is 0 Å². The van der Waals surface area contributed by atoms with Crippen molar-refractivity contribution in [3.05, 3.63) is 21.6 Å². The maximum atomic E-state index is 11.6. The van der Waals surface area contributed by atoms with E-state index in [-0.39, 0.29) is 11.6 Å². The Morgan fingerprint density at radius 1 is 1.67 bits per heavy atom. The van der Waals surface area contributed by atoms with Gasteiger partial charge in [0.25, 0.3) is 5.56 Å². The molecule has 0 aliphatic carbocycles. The van der Waals surface area contributed by atoms with Gasteiger partial charge in [0.05, 0.1) is 11.3 Å². The zero-order valence-electron chi connectivity index (χ0n) is 7.35. The van der Waals surface area contributed by atoms with E-state index in [9.17, 15) is 4.79 Å². The fraction of sp³-hybridized carbons (Fsp3) is 0.625. The SMILES string of the molecule is CCn1[nH]c2c(c1=O)C(C)NC2. The van der Waals surface area contributed by atoms with Crippen LogP contribution in [0.3, 0.4) is 0 Å². The molecule has 1 atom stereocenters. The van der Waals surface area contributed by atoms with Crippen molar-refractivity contribution in [3.63, 3.8) is 0 Å². The molecule has 4 nitrogen and oxygen atoms in total. The zero-order chi connectivity index (χ0) is 8.72. The first-order chi connectivity index (χ1) is 5.74. The van der Waals surface area contributed by atoms with E-state index in [2.05, 4.69) is 10.4 Å². The number of nitrogens with one attached hydrogen (secondary N) is 2. The van der Waals surface area contributed by atoms with Gasteiger partial charge in [-0.05, 0) is 13.8 Å². The molecule has 2 rings (SSSR count). The van der Waals surface area contributed by atoms with Gasteiger partial charge < -0.3 is 5.32 Å². The smallest absolute Gasteiger partial charge is 0.271 e. The molecule has 1 aliphatic heterocycles. The molecule has 0 aromatic carbocycles. The predicted octanol–water partition coefficient (Wildman–Crippen LogP) is 0.360. The van der Waals surface area contributed by atoms with Gasteiger partial charge >= 0.3 is 0 Å². The number of hydrogen-bond donors (Lipinski definition) is 2. The van der Waals surface area contributed by atoms with E-state index >= 15 is 0 Å². The van der Waals surface area contributed by atoms with Crippen LogP contribution in [-0.4, -0.2) is 9.78 Å². The van der Waals surface area contributed by atoms with E-state index in [0.717, 1.165) is 24.3 Å². The molecular weight excluding hydrogens is 154 g/mol. The molecule has 0 radical (unpaired) electrons. The Bertz CT molecular complexity index is 350. The Morgan fingerprint density at radius 3 is 3.00 bits per heavy atom. The molecule has 66 valence electrons. The maximum absolute atomic E-state index is 11.6. The van der Waals surface area contributed by atoms with Crippen LogP contribution in [0.2, 0.25) is 0 Å². The van der Waals surface area contributed by atoms with E-state index in [1.807, 2.05) is 13.8 Å². The number of aromatic amines is 1. The average molecular weight is 167 g/mol. The van der Waals surface area contributed by atoms with Crippen LogP contribution in [0.5, 0.6) is 0 Å². The van der Waals surface area contributed by atoms with Crippen molar-refractivity contribution < 1.29 is 0 Å². The molecule has 0 saturated carbocycles. The first kappa shape index (κ1) is 7.61. The Hall–Kier alpha value is -1.03. The largest absolute Gasteiger partial charge is 0.304 e. The number of aromatic nitrogens is 2. The van der Waals surface area contributed by atoms with E-state index in [4.69, 9.17) is 0 Å². The van der Waals surface area contributed by atoms with Crippen LogP contribution in [0.25, 0.3) is 0 Å². The molecule has 0 saturated heterocycles. The molecule has 1 aromatic rings. The first-order valence-corrected chi connectivity index (χ1v) is 4.29. The molecule has 0 amide bonds. The second-order valence-electron chi connectivity index (χ2n) is 3.16. The quantitative estimate of drug-likeness (QED) is 0.634. The van der Waals surface area contributed by atoms with Gasteiger partial charge in [-0.25, -0.2) is 0 Å². The molecule has 12 heavy (non-hydrogen) atoms. The summed E-state index contributed by atoms with van der Waals surface area (Å²) >= 11 is 0. The van der Waals surface area contributed by atoms with Gasteiger partial charge in [0.15, 0.2) is 0 Å². The second kappa shape index (κ2) is 2.48. The van der Waals surface area contributed by atoms with Crippen LogP contribution in [0, 0.1) is 0 Å². The van der Waals surface area contributed by atoms with Crippen molar-refractivity contribution in [2.75, 3.05) is 0 Å². The van der Waals surface area contributed by atoms with E-state index < -0.39 is 0 Å². The number of nitrogens with zero attached hydrogens (tertiary/aromatic N) is 1. The molecule has 0 fully saturated rings. The summed E-state index contributed by atoms with van der Waals surface area (Å²) < 4.78 is 1.65. The molecule has 0 bridgehead atoms. The Morgan fingerprint density at radius 2 is 2.42 bits per heavy atom. The average Bonchev–Trinajstić information content (AvgIpc) is 2.55. The topological polar surface area (TPSA) is 49.8 Å². The summed E-state index contributed by atoms with van der Waals surface area (Å²) in [6.07, 6.45) is 0. The summed E-state index contributed by atoms with van der Waals surface area (Å²) in [7, 11) is 0. The highest BCUT2D eigenvalue weighted by molar-refractivity contribution is 5.25. The fourth-order valence-electron chi connectivity index (χ4n) is 1.71. The zero-order valence-corrected chi connectivity index (χ0v) is 7.35. The lowest BCUT2D eigenvalue weighted by Crippen LogP contribution is -2.22. The standard InChI is InChI=1S/C8H13N3O/c1-3-11-8(12)7-5(2)9-4-6(7)10-11/h5,9-10H,3-4H2,1-2H3. The van der Waals surface area contributed by atoms with Crippen LogP contribution < -0.4 is 10.9 Å². The third kappa shape index (κ3) is 0.845. The van der Waals surface area contributed by atoms with Crippen molar-refractivity contribution in [3.8, 4) is 0 Å². The van der Waals surface area contributed by atoms with Crippen molar-refractivity contribution in [1.82, 2.24) is 15.1 Å². The normalized spacial score (nSPS) is 21.3. The van der Waals surface area contributed by atoms with Crippen LogP contribution in [0.1, 0.15) is 31.1 Å². The van der Waals surface area contributed by atoms with Gasteiger partial charge in [0, 0.05) is 19.1 Å². The molecule has 1 aliphatic rings. The lowest BCUT2D eigenvalue weighted by atomic mass is 10.2. The van der Waals surface area contributed by atoms with Crippen LogP contribution in [-0.2, 0) is 13.1 Å². The molecule has 1 aromatic heterocycles. The molecule has 4 heteroatoms. The van der Waals surface area contributed by atoms with Gasteiger partial charge in [-0.15, -0.1) is 0 Å². The minimum atomic E-state index is 0.130. The third-order valence-corrected chi connectivity index (χ3v) is 2.40. The van der Waals surface area contributed by atoms with E-state index in [1.165, 1.54) is 0 Å². The predicted molar refractivity (Wildman–Crippen MR) is 46.0 cm³/mol. The highest BCUT2D eigenvalue weighted by Crippen LogP contribution is 2.18. The Labute approximate surface area is 70.6 Å². The fourth-order valence-corrected chi connectivity index (χ4v) is 1.71. The minimum Gasteiger partial charge on any atom is -0.304 e. The van der Waals surface area contributed by atoms with E-state index in [1.54, 1.807) is 4.68 Å². The summed E-state index contributed by atoms with van der Waals surface area (Å²) in [6.45, 7) is 5.49. The lowest BCUT2D eigenvalue weighted by Gasteiger charge is -2.01. The number of hydrogen-bond acceptors (Lipinski definition) is 2. The minimum absolute atomic E-state index is 0.130. The van der Waals surface area contributed by atoms with Crippen LogP contribution >= 0.6 is 0 Å². The Balaban J connectivity index is 2.58. The van der Waals surface area contributed by atoms with Crippen molar-refractivity contribution in [1.29, 1.82) is 0 Å². The van der Waals surface area contributed by atoms with Crippen molar-refractivity contribution in [2.24, 2.45) is 0 Å². The Kier molecular flexibility index (Phi) is 1.58. The highest BCUT2D eigenvalue weighted by Gasteiger charge is 2.24. The molecule has 2 N–H and O–H groups in total. The summed E-state index contributed by atoms with van der Waals surface area (Å²) in [6, 6.07) is 0.205. The monoisotopic (exact) mass is 167 g/mol. The number of aryl methyl sites for hydroxylation is 1. The van der Waals surface area contributed by atoms with Crippen LogP contribution in [0.15, 0.2) is 4.79 Å². The van der Waals surface area contributed by atoms with Gasteiger partial charge in [-0.2, -0.15) is 0 Å². The summed E-state index contributed by atoms with van der Waals surface area (Å²) in [5.74, 6) is 0. The highest BCUT2D eigenvalue weighted by atomic mass is 16.1. The maximum Gasteiger partial charge on any atom is 0.271 e. The van der Waals surface area contributed by atoms with Crippen LogP contribution in [0.4, 0.5) is 0 Å². The van der Waals surface area contributed by atoms with Gasteiger partial charge in [-0.3, -0.25) is 14.6 Å². The first-order valence-electron chi connectivity index (χ1n) is 4.29. The summed E-state index contributed by atoms with van der Waals surface area (Å²) in [5, 5.41) is 6.30. The summed E-state index contributed by atoms with van der Waals surface area (Å²) in [5.41, 5.74) is 2.09. The number of fused-ring (bicyclic) bond motifs is 1. The molecule has 1 unspecified atom stereocenters. The second-order valence-corrected chi connectivity index (χ2v) is 3.16. The number of H-pyrrole nitrogens is 1.